The van der Waals surface area contributed by atoms with Crippen LogP contribution in [0.2, 0.25) is 0 Å². The minimum absolute atomic E-state index is 0.0452. The standard InChI is InChI=1S/C21H23Br2N5O4/c1-20(2,3)32-19(30)27-16-10-31-11-21(4,28-16)12-5-13(22)7-15(6-12)26-18(29)17-24-8-14(23)9-25-17/h5-9H,10-11H2,1-4H3,(H,26,29)(H,27,28,30)/t21-/m0/s1. The van der Waals surface area contributed by atoms with E-state index in [9.17, 15) is 9.59 Å². The van der Waals surface area contributed by atoms with Crippen molar-refractivity contribution >= 4 is 55.4 Å². The molecule has 2 aromatic rings. The Morgan fingerprint density at radius 2 is 1.78 bits per heavy atom. The van der Waals surface area contributed by atoms with E-state index in [1.165, 1.54) is 12.4 Å². The summed E-state index contributed by atoms with van der Waals surface area (Å²) in [5.41, 5.74) is -0.101. The van der Waals surface area contributed by atoms with Gasteiger partial charge >= 0.3 is 6.09 Å². The third-order valence-corrected chi connectivity index (χ3v) is 5.12. The number of amidine groups is 1. The smallest absolute Gasteiger partial charge is 0.413 e. The zero-order valence-electron chi connectivity index (χ0n) is 18.0. The predicted octanol–water partition coefficient (Wildman–Crippen LogP) is 4.42. The summed E-state index contributed by atoms with van der Waals surface area (Å²) >= 11 is 6.72. The van der Waals surface area contributed by atoms with Gasteiger partial charge in [-0.05, 0) is 67.4 Å². The van der Waals surface area contributed by atoms with E-state index in [0.29, 0.717) is 22.6 Å². The van der Waals surface area contributed by atoms with Crippen LogP contribution in [0.25, 0.3) is 0 Å². The van der Waals surface area contributed by atoms with Gasteiger partial charge in [0.05, 0.1) is 11.1 Å². The van der Waals surface area contributed by atoms with Crippen LogP contribution < -0.4 is 10.6 Å². The number of alkyl carbamates (subject to hydrolysis) is 1. The van der Waals surface area contributed by atoms with Gasteiger partial charge in [-0.3, -0.25) is 15.1 Å². The molecule has 1 aliphatic rings. The van der Waals surface area contributed by atoms with E-state index >= 15 is 0 Å². The fraction of sp³-hybridized carbons (Fsp3) is 0.381. The van der Waals surface area contributed by atoms with Gasteiger partial charge < -0.3 is 14.8 Å². The number of hydrogen-bond donors (Lipinski definition) is 2. The molecular formula is C21H23Br2N5O4. The van der Waals surface area contributed by atoms with E-state index in [4.69, 9.17) is 14.5 Å². The SMILES string of the molecule is CC(C)(C)OC(=O)NC1=N[C@](C)(c2cc(Br)cc(NC(=O)c3ncc(Br)cn3)c2)COC1. The minimum atomic E-state index is -0.792. The molecule has 9 nitrogen and oxygen atoms in total. The molecule has 0 fully saturated rings. The number of carbonyl (C=O) groups is 2. The number of nitrogens with zero attached hydrogens (tertiary/aromatic N) is 3. The molecule has 0 unspecified atom stereocenters. The van der Waals surface area contributed by atoms with Crippen LogP contribution in [0.15, 0.2) is 44.5 Å². The molecule has 0 saturated carbocycles. The second-order valence-electron chi connectivity index (χ2n) is 8.36. The van der Waals surface area contributed by atoms with E-state index in [1.54, 1.807) is 32.9 Å². The maximum atomic E-state index is 12.5. The van der Waals surface area contributed by atoms with E-state index < -0.39 is 23.1 Å². The number of aromatic nitrogens is 2. The predicted molar refractivity (Wildman–Crippen MR) is 127 cm³/mol. The highest BCUT2D eigenvalue weighted by molar-refractivity contribution is 9.10. The molecule has 2 N–H and O–H groups in total. The van der Waals surface area contributed by atoms with Crippen molar-refractivity contribution in [3.8, 4) is 0 Å². The third kappa shape index (κ3) is 6.57. The Balaban J connectivity index is 1.81. The van der Waals surface area contributed by atoms with E-state index in [-0.39, 0.29) is 12.4 Å². The molecular weight excluding hydrogens is 546 g/mol. The lowest BCUT2D eigenvalue weighted by atomic mass is 9.92. The van der Waals surface area contributed by atoms with Crippen LogP contribution in [0.5, 0.6) is 0 Å². The molecule has 1 atom stereocenters. The van der Waals surface area contributed by atoms with Crippen LogP contribution in [-0.4, -0.2) is 46.6 Å². The van der Waals surface area contributed by atoms with Crippen molar-refractivity contribution in [2.45, 2.75) is 38.8 Å². The van der Waals surface area contributed by atoms with Gasteiger partial charge in [-0.25, -0.2) is 14.8 Å². The Morgan fingerprint density at radius 1 is 1.09 bits per heavy atom. The highest BCUT2D eigenvalue weighted by atomic mass is 79.9. The number of anilines is 1. The van der Waals surface area contributed by atoms with Crippen molar-refractivity contribution in [2.24, 2.45) is 4.99 Å². The van der Waals surface area contributed by atoms with Crippen LogP contribution in [0.4, 0.5) is 10.5 Å². The molecule has 11 heteroatoms. The van der Waals surface area contributed by atoms with Crippen molar-refractivity contribution in [1.82, 2.24) is 15.3 Å². The largest absolute Gasteiger partial charge is 0.444 e. The van der Waals surface area contributed by atoms with E-state index in [0.717, 1.165) is 10.0 Å². The molecule has 1 aliphatic heterocycles. The lowest BCUT2D eigenvalue weighted by Crippen LogP contribution is -2.44. The first kappa shape index (κ1) is 24.3. The van der Waals surface area contributed by atoms with Crippen molar-refractivity contribution in [1.29, 1.82) is 0 Å². The Bertz CT molecular complexity index is 1050. The summed E-state index contributed by atoms with van der Waals surface area (Å²) in [5, 5.41) is 5.45. The molecule has 1 aromatic carbocycles. The number of aliphatic imine (C=N–C) groups is 1. The summed E-state index contributed by atoms with van der Waals surface area (Å²) in [6.07, 6.45) is 2.41. The Hall–Kier alpha value is -2.37. The van der Waals surface area contributed by atoms with Gasteiger partial charge in [0.2, 0.25) is 5.82 Å². The minimum Gasteiger partial charge on any atom is -0.444 e. The van der Waals surface area contributed by atoms with E-state index in [2.05, 4.69) is 52.5 Å². The van der Waals surface area contributed by atoms with Crippen molar-refractivity contribution < 1.29 is 19.1 Å². The average Bonchev–Trinajstić information content (AvgIpc) is 2.66. The topological polar surface area (TPSA) is 115 Å². The average molecular weight is 569 g/mol. The monoisotopic (exact) mass is 567 g/mol. The number of ether oxygens (including phenoxy) is 2. The van der Waals surface area contributed by atoms with Crippen LogP contribution in [0, 0.1) is 0 Å². The molecule has 170 valence electrons. The van der Waals surface area contributed by atoms with Gasteiger partial charge in [-0.2, -0.15) is 0 Å². The summed E-state index contributed by atoms with van der Waals surface area (Å²) in [6.45, 7) is 7.69. The van der Waals surface area contributed by atoms with Crippen LogP contribution >= 0.6 is 31.9 Å². The summed E-state index contributed by atoms with van der Waals surface area (Å²) in [4.78, 5) is 37.4. The number of rotatable bonds is 3. The van der Waals surface area contributed by atoms with Crippen LogP contribution in [0.3, 0.4) is 0 Å². The Morgan fingerprint density at radius 3 is 2.44 bits per heavy atom. The van der Waals surface area contributed by atoms with Crippen molar-refractivity contribution in [2.75, 3.05) is 18.5 Å². The fourth-order valence-corrected chi connectivity index (χ4v) is 3.63. The number of halogens is 2. The van der Waals surface area contributed by atoms with Crippen molar-refractivity contribution in [3.63, 3.8) is 0 Å². The number of amides is 2. The van der Waals surface area contributed by atoms with Gasteiger partial charge in [0, 0.05) is 22.6 Å². The summed E-state index contributed by atoms with van der Waals surface area (Å²) < 4.78 is 12.4. The molecule has 0 radical (unpaired) electrons. The van der Waals surface area contributed by atoms with Gasteiger partial charge in [-0.1, -0.05) is 15.9 Å². The molecule has 0 spiro atoms. The number of hydrogen-bond acceptors (Lipinski definition) is 7. The Labute approximate surface area is 202 Å². The molecule has 2 heterocycles. The van der Waals surface area contributed by atoms with Crippen LogP contribution in [-0.2, 0) is 15.0 Å². The number of nitrogens with one attached hydrogen (secondary N) is 2. The maximum absolute atomic E-state index is 12.5. The Kier molecular flexibility index (Phi) is 7.31. The molecule has 32 heavy (non-hydrogen) atoms. The van der Waals surface area contributed by atoms with Crippen LogP contribution in [0.1, 0.15) is 43.9 Å². The fourth-order valence-electron chi connectivity index (χ4n) is 2.93. The lowest BCUT2D eigenvalue weighted by molar-refractivity contribution is 0.0543. The van der Waals surface area contributed by atoms with Gasteiger partial charge in [-0.15, -0.1) is 0 Å². The molecule has 0 aliphatic carbocycles. The normalized spacial score (nSPS) is 18.5. The second-order valence-corrected chi connectivity index (χ2v) is 10.2. The summed E-state index contributed by atoms with van der Waals surface area (Å²) in [6, 6.07) is 5.44. The lowest BCUT2D eigenvalue weighted by Gasteiger charge is -2.32. The molecule has 3 rings (SSSR count). The van der Waals surface area contributed by atoms with Gasteiger partial charge in [0.25, 0.3) is 5.91 Å². The number of benzene rings is 1. The molecule has 0 saturated heterocycles. The second kappa shape index (κ2) is 9.63. The maximum Gasteiger partial charge on any atom is 0.413 e. The number of carbonyl (C=O) groups excluding carboxylic acids is 2. The third-order valence-electron chi connectivity index (χ3n) is 4.25. The highest BCUT2D eigenvalue weighted by Crippen LogP contribution is 2.33. The van der Waals surface area contributed by atoms with E-state index in [1.807, 2.05) is 13.0 Å². The highest BCUT2D eigenvalue weighted by Gasteiger charge is 2.32. The zero-order valence-corrected chi connectivity index (χ0v) is 21.2. The quantitative estimate of drug-likeness (QED) is 0.566. The molecule has 2 amide bonds. The molecule has 1 aromatic heterocycles. The first-order valence-electron chi connectivity index (χ1n) is 9.70. The summed E-state index contributed by atoms with van der Waals surface area (Å²) in [5.74, 6) is -0.0343. The zero-order chi connectivity index (χ0) is 23.5. The summed E-state index contributed by atoms with van der Waals surface area (Å²) in [7, 11) is 0. The van der Waals surface area contributed by atoms with Gasteiger partial charge in [0.15, 0.2) is 0 Å². The van der Waals surface area contributed by atoms with Gasteiger partial charge in [0.1, 0.15) is 23.6 Å². The first-order valence-corrected chi connectivity index (χ1v) is 11.3. The first-order chi connectivity index (χ1) is 14.9. The van der Waals surface area contributed by atoms with Crippen molar-refractivity contribution in [3.05, 3.63) is 50.9 Å². The molecule has 0 bridgehead atoms.